The molecule has 7 N–H and O–H groups in total. The Morgan fingerprint density at radius 3 is 2.68 bits per heavy atom. The molecule has 14 heteroatoms. The van der Waals surface area contributed by atoms with Gasteiger partial charge in [-0.1, -0.05) is 18.2 Å². The van der Waals surface area contributed by atoms with Crippen molar-refractivity contribution >= 4 is 40.5 Å². The van der Waals surface area contributed by atoms with Crippen LogP contribution in [0.1, 0.15) is 25.5 Å². The molecule has 1 aliphatic heterocycles. The lowest BCUT2D eigenvalue weighted by Crippen LogP contribution is -2.51. The third kappa shape index (κ3) is 4.23. The third-order valence-corrected chi connectivity index (χ3v) is 5.99. The van der Waals surface area contributed by atoms with Crippen LogP contribution in [-0.4, -0.2) is 77.2 Å². The van der Waals surface area contributed by atoms with Crippen molar-refractivity contribution in [1.29, 1.82) is 0 Å². The van der Waals surface area contributed by atoms with Gasteiger partial charge in [0.05, 0.1) is 19.0 Å². The van der Waals surface area contributed by atoms with Gasteiger partial charge in [-0.05, 0) is 30.0 Å². The van der Waals surface area contributed by atoms with Crippen LogP contribution in [0.3, 0.4) is 0 Å². The molecular weight excluding hydrogens is 472 g/mol. The van der Waals surface area contributed by atoms with E-state index in [4.69, 9.17) is 32.5 Å². The van der Waals surface area contributed by atoms with E-state index in [1.165, 1.54) is 10.9 Å². The summed E-state index contributed by atoms with van der Waals surface area (Å²) in [7, 11) is 0. The van der Waals surface area contributed by atoms with Crippen LogP contribution in [0.25, 0.3) is 11.2 Å². The average molecular weight is 495 g/mol. The number of imidazole rings is 1. The quantitative estimate of drug-likeness (QED) is 0.247. The molecule has 182 valence electrons. The molecule has 0 aromatic carbocycles. The molecule has 0 unspecified atom stereocenters. The normalized spacial score (nSPS) is 25.0. The number of carbonyl (C=O) groups is 2. The van der Waals surface area contributed by atoms with E-state index in [0.29, 0.717) is 12.0 Å². The fourth-order valence-corrected chi connectivity index (χ4v) is 4.15. The van der Waals surface area contributed by atoms with Gasteiger partial charge in [0.15, 0.2) is 17.7 Å². The summed E-state index contributed by atoms with van der Waals surface area (Å²) < 4.78 is 12.7. The lowest BCUT2D eigenvalue weighted by molar-refractivity contribution is -0.189. The Labute approximate surface area is 197 Å². The molecule has 34 heavy (non-hydrogen) atoms. The van der Waals surface area contributed by atoms with E-state index in [1.54, 1.807) is 12.2 Å². The third-order valence-electron chi connectivity index (χ3n) is 5.82. The summed E-state index contributed by atoms with van der Waals surface area (Å²) in [5.41, 5.74) is 10.4. The topological polar surface area (TPSA) is 209 Å². The summed E-state index contributed by atoms with van der Waals surface area (Å²) in [5, 5.41) is 30.0. The zero-order chi connectivity index (χ0) is 24.6. The van der Waals surface area contributed by atoms with Gasteiger partial charge >= 0.3 is 11.9 Å². The number of anilines is 1. The minimum atomic E-state index is -2.57. The van der Waals surface area contributed by atoms with Crippen LogP contribution >= 0.6 is 11.6 Å². The first-order valence-corrected chi connectivity index (χ1v) is 10.7. The predicted octanol–water partition coefficient (Wildman–Crippen LogP) is 0.239. The second-order valence-electron chi connectivity index (χ2n) is 8.02. The van der Waals surface area contributed by atoms with Crippen LogP contribution in [0.2, 0.25) is 5.28 Å². The highest BCUT2D eigenvalue weighted by atomic mass is 35.5. The molecule has 0 amide bonds. The number of aliphatic hydroxyl groups is 1. The van der Waals surface area contributed by atoms with Crippen molar-refractivity contribution in [3.05, 3.63) is 35.4 Å². The Morgan fingerprint density at radius 2 is 2.03 bits per heavy atom. The number of halogens is 1. The van der Waals surface area contributed by atoms with Gasteiger partial charge in [-0.2, -0.15) is 9.97 Å². The van der Waals surface area contributed by atoms with Crippen LogP contribution < -0.4 is 11.5 Å². The Hall–Kier alpha value is -3.10. The lowest BCUT2D eigenvalue weighted by atomic mass is 9.91. The molecule has 4 rings (SSSR count). The van der Waals surface area contributed by atoms with Crippen molar-refractivity contribution in [2.24, 2.45) is 5.73 Å². The minimum Gasteiger partial charge on any atom is -0.479 e. The van der Waals surface area contributed by atoms with Crippen molar-refractivity contribution in [3.63, 3.8) is 0 Å². The molecule has 0 radical (unpaired) electrons. The zero-order valence-electron chi connectivity index (χ0n) is 17.7. The first-order chi connectivity index (χ1) is 16.1. The molecule has 2 aromatic rings. The zero-order valence-corrected chi connectivity index (χ0v) is 18.5. The number of aliphatic carboxylic acids is 2. The standard InChI is InChI=1S/C20H23ClN6O7/c21-19-25-14(23)12-15(26-19)27(8-24-12)16-11(22)13(28)10(34-16)7-33-20(17(29)30,18(31)32)6-9-4-2-1-3-5-9/h2,4-5,8,10-11,13,16,28H,1,3,6-7,22H2,(H,29,30)(H,31,32)(H2,23,25,26)/t10-,11-,13-,16-/m1/s1. The molecule has 3 heterocycles. The van der Waals surface area contributed by atoms with Gasteiger partial charge in [-0.3, -0.25) is 4.57 Å². The molecule has 1 fully saturated rings. The van der Waals surface area contributed by atoms with Crippen molar-refractivity contribution in [3.8, 4) is 0 Å². The fourth-order valence-electron chi connectivity index (χ4n) is 3.98. The number of nitrogen functional groups attached to an aromatic ring is 1. The molecule has 13 nitrogen and oxygen atoms in total. The molecule has 0 spiro atoms. The van der Waals surface area contributed by atoms with Crippen molar-refractivity contribution < 1.29 is 34.4 Å². The minimum absolute atomic E-state index is 0.0412. The van der Waals surface area contributed by atoms with Gasteiger partial charge in [-0.25, -0.2) is 14.6 Å². The van der Waals surface area contributed by atoms with Crippen molar-refractivity contribution in [2.45, 2.75) is 49.3 Å². The molecule has 1 saturated heterocycles. The molecule has 0 saturated carbocycles. The van der Waals surface area contributed by atoms with E-state index in [-0.39, 0.29) is 22.3 Å². The number of hydrogen-bond donors (Lipinski definition) is 5. The Balaban J connectivity index is 1.56. The largest absolute Gasteiger partial charge is 0.479 e. The SMILES string of the molecule is Nc1nc(Cl)nc2c1ncn2[C@@H]1O[C@H](COC(CC2=CCCC=C2)(C(=O)O)C(=O)O)[C@@H](O)[C@H]1N. The Bertz CT molecular complexity index is 1170. The van der Waals surface area contributed by atoms with E-state index in [0.717, 1.165) is 6.42 Å². The highest BCUT2D eigenvalue weighted by molar-refractivity contribution is 6.28. The van der Waals surface area contributed by atoms with E-state index in [1.807, 2.05) is 6.08 Å². The number of aromatic nitrogens is 4. The second kappa shape index (κ2) is 9.27. The maximum Gasteiger partial charge on any atom is 0.348 e. The van der Waals surface area contributed by atoms with Gasteiger partial charge in [0.25, 0.3) is 5.60 Å². The summed E-state index contributed by atoms with van der Waals surface area (Å²) in [6.45, 7) is -0.550. The van der Waals surface area contributed by atoms with Gasteiger partial charge in [0, 0.05) is 6.42 Å². The number of carboxylic acids is 2. The van der Waals surface area contributed by atoms with E-state index < -0.39 is 55.0 Å². The smallest absolute Gasteiger partial charge is 0.348 e. The summed E-state index contributed by atoms with van der Waals surface area (Å²) in [5.74, 6) is -3.30. The molecule has 0 bridgehead atoms. The fraction of sp³-hybridized carbons (Fsp3) is 0.450. The maximum atomic E-state index is 12.0. The van der Waals surface area contributed by atoms with Gasteiger partial charge < -0.3 is 36.3 Å². The number of carboxylic acid groups (broad SMARTS) is 2. The van der Waals surface area contributed by atoms with Crippen LogP contribution in [0, 0.1) is 0 Å². The van der Waals surface area contributed by atoms with E-state index >= 15 is 0 Å². The lowest BCUT2D eigenvalue weighted by Gasteiger charge is -2.28. The van der Waals surface area contributed by atoms with Gasteiger partial charge in [0.1, 0.15) is 17.7 Å². The van der Waals surface area contributed by atoms with Gasteiger partial charge in [-0.15, -0.1) is 0 Å². The van der Waals surface area contributed by atoms with Crippen LogP contribution in [0.15, 0.2) is 30.1 Å². The number of fused-ring (bicyclic) bond motifs is 1. The maximum absolute atomic E-state index is 12.0. The first-order valence-electron chi connectivity index (χ1n) is 10.3. The first kappa shape index (κ1) is 24.0. The monoisotopic (exact) mass is 494 g/mol. The molecule has 2 aliphatic rings. The number of nitrogens with zero attached hydrogens (tertiary/aromatic N) is 4. The predicted molar refractivity (Wildman–Crippen MR) is 118 cm³/mol. The highest BCUT2D eigenvalue weighted by Gasteiger charge is 2.51. The van der Waals surface area contributed by atoms with Crippen LogP contribution in [0.4, 0.5) is 5.82 Å². The average Bonchev–Trinajstić information content (AvgIpc) is 3.33. The number of allylic oxidation sites excluding steroid dienone is 3. The summed E-state index contributed by atoms with van der Waals surface area (Å²) in [4.78, 5) is 36.1. The number of ether oxygens (including phenoxy) is 2. The number of nitrogens with two attached hydrogens (primary N) is 2. The second-order valence-corrected chi connectivity index (χ2v) is 8.36. The Morgan fingerprint density at radius 1 is 1.29 bits per heavy atom. The molecular formula is C20H23ClN6O7. The number of aliphatic hydroxyl groups excluding tert-OH is 1. The number of rotatable bonds is 8. The van der Waals surface area contributed by atoms with Crippen LogP contribution in [-0.2, 0) is 19.1 Å². The molecule has 4 atom stereocenters. The summed E-state index contributed by atoms with van der Waals surface area (Å²) >= 11 is 5.89. The van der Waals surface area contributed by atoms with Crippen molar-refractivity contribution in [2.75, 3.05) is 12.3 Å². The molecule has 2 aromatic heterocycles. The highest BCUT2D eigenvalue weighted by Crippen LogP contribution is 2.33. The summed E-state index contributed by atoms with van der Waals surface area (Å²) in [6, 6.07) is -1.01. The van der Waals surface area contributed by atoms with Crippen molar-refractivity contribution in [1.82, 2.24) is 19.5 Å². The molecule has 1 aliphatic carbocycles. The number of hydrogen-bond acceptors (Lipinski definition) is 10. The van der Waals surface area contributed by atoms with Crippen LogP contribution in [0.5, 0.6) is 0 Å². The Kier molecular flexibility index (Phi) is 6.55. The van der Waals surface area contributed by atoms with E-state index in [2.05, 4.69) is 15.0 Å². The van der Waals surface area contributed by atoms with Gasteiger partial charge in [0.2, 0.25) is 5.28 Å². The summed E-state index contributed by atoms with van der Waals surface area (Å²) in [6.07, 6.45) is 4.21. The van der Waals surface area contributed by atoms with E-state index in [9.17, 15) is 24.9 Å².